The van der Waals surface area contributed by atoms with Crippen molar-refractivity contribution < 1.29 is 24.6 Å². The summed E-state index contributed by atoms with van der Waals surface area (Å²) in [6.07, 6.45) is 2.55. The molecule has 9 nitrogen and oxygen atoms in total. The van der Waals surface area contributed by atoms with Crippen molar-refractivity contribution in [2.75, 3.05) is 0 Å². The monoisotopic (exact) mass is 270 g/mol. The lowest BCUT2D eigenvalue weighted by atomic mass is 10.2. The Morgan fingerprint density at radius 1 is 1.42 bits per heavy atom. The van der Waals surface area contributed by atoms with Crippen LogP contribution in [0.5, 0.6) is 0 Å². The third-order valence-electron chi connectivity index (χ3n) is 2.19. The number of carbonyl (C=O) groups excluding carboxylic acids is 1. The van der Waals surface area contributed by atoms with E-state index in [2.05, 4.69) is 15.7 Å². The molecule has 0 saturated carbocycles. The molecule has 0 aliphatic carbocycles. The Hall–Kier alpha value is -2.58. The molecule has 1 heterocycles. The maximum atomic E-state index is 11.4. The van der Waals surface area contributed by atoms with Gasteiger partial charge in [-0.25, -0.2) is 9.59 Å². The minimum absolute atomic E-state index is 0.166. The minimum atomic E-state index is -1.47. The molecule has 0 saturated heterocycles. The van der Waals surface area contributed by atoms with Gasteiger partial charge in [0.1, 0.15) is 6.04 Å². The summed E-state index contributed by atoms with van der Waals surface area (Å²) in [6, 6.07) is -2.22. The number of hydrogen-bond acceptors (Lipinski definition) is 4. The van der Waals surface area contributed by atoms with Gasteiger partial charge in [-0.15, -0.1) is 0 Å². The molecular weight excluding hydrogens is 256 g/mol. The molecule has 1 aromatic rings. The van der Waals surface area contributed by atoms with Crippen molar-refractivity contribution >= 4 is 18.0 Å². The topological polar surface area (TPSA) is 134 Å². The van der Waals surface area contributed by atoms with Crippen molar-refractivity contribution in [2.24, 2.45) is 7.05 Å². The third-order valence-corrected chi connectivity index (χ3v) is 2.19. The molecular formula is C10H14N4O5. The van der Waals surface area contributed by atoms with E-state index in [1.54, 1.807) is 24.1 Å². The van der Waals surface area contributed by atoms with Gasteiger partial charge in [0.2, 0.25) is 0 Å². The van der Waals surface area contributed by atoms with E-state index in [1.807, 2.05) is 0 Å². The first-order valence-corrected chi connectivity index (χ1v) is 5.35. The van der Waals surface area contributed by atoms with Crippen LogP contribution in [0.1, 0.15) is 12.0 Å². The number of nitrogens with zero attached hydrogens (tertiary/aromatic N) is 2. The normalized spacial score (nSPS) is 11.6. The molecule has 9 heteroatoms. The second kappa shape index (κ2) is 6.38. The fraction of sp³-hybridized carbons (Fsp3) is 0.400. The van der Waals surface area contributed by atoms with E-state index in [4.69, 9.17) is 10.2 Å². The number of aromatic nitrogens is 2. The fourth-order valence-corrected chi connectivity index (χ4v) is 1.33. The molecule has 0 spiro atoms. The van der Waals surface area contributed by atoms with Crippen LogP contribution in [0, 0.1) is 0 Å². The van der Waals surface area contributed by atoms with E-state index >= 15 is 0 Å². The van der Waals surface area contributed by atoms with Crippen LogP contribution in [0.25, 0.3) is 0 Å². The number of amides is 2. The van der Waals surface area contributed by atoms with E-state index in [-0.39, 0.29) is 6.54 Å². The van der Waals surface area contributed by atoms with Crippen molar-refractivity contribution in [1.29, 1.82) is 0 Å². The quantitative estimate of drug-likeness (QED) is 0.532. The number of aliphatic carboxylic acids is 2. The van der Waals surface area contributed by atoms with Gasteiger partial charge < -0.3 is 20.8 Å². The number of nitrogens with one attached hydrogen (secondary N) is 2. The average molecular weight is 270 g/mol. The van der Waals surface area contributed by atoms with Crippen LogP contribution in [-0.2, 0) is 23.2 Å². The molecule has 0 bridgehead atoms. The van der Waals surface area contributed by atoms with Gasteiger partial charge in [-0.3, -0.25) is 9.48 Å². The highest BCUT2D eigenvalue weighted by Crippen LogP contribution is 1.96. The average Bonchev–Trinajstić information content (AvgIpc) is 2.71. The highest BCUT2D eigenvalue weighted by atomic mass is 16.4. The van der Waals surface area contributed by atoms with E-state index in [0.717, 1.165) is 5.56 Å². The Balaban J connectivity index is 2.44. The number of carboxylic acid groups (broad SMARTS) is 2. The van der Waals surface area contributed by atoms with Crippen molar-refractivity contribution in [3.8, 4) is 0 Å². The van der Waals surface area contributed by atoms with Crippen LogP contribution in [0.3, 0.4) is 0 Å². The Morgan fingerprint density at radius 3 is 2.58 bits per heavy atom. The molecule has 2 amide bonds. The first-order valence-electron chi connectivity index (χ1n) is 5.35. The number of carboxylic acids is 2. The van der Waals surface area contributed by atoms with Crippen LogP contribution >= 0.6 is 0 Å². The van der Waals surface area contributed by atoms with Gasteiger partial charge >= 0.3 is 18.0 Å². The zero-order valence-corrected chi connectivity index (χ0v) is 10.2. The lowest BCUT2D eigenvalue weighted by Gasteiger charge is -2.12. The smallest absolute Gasteiger partial charge is 0.326 e. The van der Waals surface area contributed by atoms with E-state index in [9.17, 15) is 14.4 Å². The third kappa shape index (κ3) is 5.06. The number of hydrogen-bond donors (Lipinski definition) is 4. The molecule has 1 aromatic heterocycles. The van der Waals surface area contributed by atoms with Gasteiger partial charge in [0, 0.05) is 25.4 Å². The van der Waals surface area contributed by atoms with E-state index < -0.39 is 30.4 Å². The summed E-state index contributed by atoms with van der Waals surface area (Å²) in [5.41, 5.74) is 0.739. The fourth-order valence-electron chi connectivity index (χ4n) is 1.33. The second-order valence-electron chi connectivity index (χ2n) is 3.84. The van der Waals surface area contributed by atoms with Crippen LogP contribution in [0.2, 0.25) is 0 Å². The summed E-state index contributed by atoms with van der Waals surface area (Å²) in [6.45, 7) is 0.166. The Bertz CT molecular complexity index is 484. The SMILES string of the molecule is Cn1cc(CNC(=O)NC(CC(=O)O)C(=O)O)cn1. The van der Waals surface area contributed by atoms with Crippen molar-refractivity contribution in [3.63, 3.8) is 0 Å². The van der Waals surface area contributed by atoms with Gasteiger partial charge in [-0.2, -0.15) is 5.10 Å². The maximum absolute atomic E-state index is 11.4. The molecule has 1 atom stereocenters. The summed E-state index contributed by atoms with van der Waals surface area (Å²) >= 11 is 0. The van der Waals surface area contributed by atoms with E-state index in [0.29, 0.717) is 0 Å². The van der Waals surface area contributed by atoms with Crippen LogP contribution in [-0.4, -0.2) is 44.0 Å². The summed E-state index contributed by atoms with van der Waals surface area (Å²) in [4.78, 5) is 32.6. The van der Waals surface area contributed by atoms with Gasteiger partial charge in [0.15, 0.2) is 0 Å². The van der Waals surface area contributed by atoms with Crippen LogP contribution in [0.15, 0.2) is 12.4 Å². The maximum Gasteiger partial charge on any atom is 0.326 e. The van der Waals surface area contributed by atoms with E-state index in [1.165, 1.54) is 0 Å². The molecule has 1 rings (SSSR count). The molecule has 0 aliphatic rings. The number of urea groups is 1. The Kier molecular flexibility index (Phi) is 4.86. The summed E-state index contributed by atoms with van der Waals surface area (Å²) in [5, 5.41) is 25.6. The highest BCUT2D eigenvalue weighted by molar-refractivity contribution is 5.86. The van der Waals surface area contributed by atoms with Gasteiger partial charge in [0.25, 0.3) is 0 Å². The van der Waals surface area contributed by atoms with Gasteiger partial charge in [-0.05, 0) is 0 Å². The van der Waals surface area contributed by atoms with Crippen molar-refractivity contribution in [2.45, 2.75) is 19.0 Å². The summed E-state index contributed by atoms with van der Waals surface area (Å²) < 4.78 is 1.55. The molecule has 4 N–H and O–H groups in total. The van der Waals surface area contributed by atoms with Crippen LogP contribution in [0.4, 0.5) is 4.79 Å². The molecule has 104 valence electrons. The zero-order valence-electron chi connectivity index (χ0n) is 10.2. The molecule has 0 aliphatic heterocycles. The summed E-state index contributed by atoms with van der Waals surface area (Å²) in [7, 11) is 1.72. The molecule has 0 aromatic carbocycles. The van der Waals surface area contributed by atoms with Gasteiger partial charge in [-0.1, -0.05) is 0 Å². The van der Waals surface area contributed by atoms with Gasteiger partial charge in [0.05, 0.1) is 12.6 Å². The minimum Gasteiger partial charge on any atom is -0.481 e. The molecule has 0 fully saturated rings. The highest BCUT2D eigenvalue weighted by Gasteiger charge is 2.22. The zero-order chi connectivity index (χ0) is 14.4. The second-order valence-corrected chi connectivity index (χ2v) is 3.84. The molecule has 0 radical (unpaired) electrons. The largest absolute Gasteiger partial charge is 0.481 e. The lowest BCUT2D eigenvalue weighted by molar-refractivity contribution is -0.145. The Labute approximate surface area is 108 Å². The first kappa shape index (κ1) is 14.5. The Morgan fingerprint density at radius 2 is 2.11 bits per heavy atom. The number of rotatable bonds is 6. The summed E-state index contributed by atoms with van der Waals surface area (Å²) in [5.74, 6) is -2.71. The number of aryl methyl sites for hydroxylation is 1. The van der Waals surface area contributed by atoms with Crippen LogP contribution < -0.4 is 10.6 Å². The van der Waals surface area contributed by atoms with Crippen molar-refractivity contribution in [1.82, 2.24) is 20.4 Å². The lowest BCUT2D eigenvalue weighted by Crippen LogP contribution is -2.46. The predicted molar refractivity (Wildman–Crippen MR) is 62.3 cm³/mol. The first-order chi connectivity index (χ1) is 8.88. The molecule has 19 heavy (non-hydrogen) atoms. The molecule has 1 unspecified atom stereocenters. The number of carbonyl (C=O) groups is 3. The predicted octanol–water partition coefficient (Wildman–Crippen LogP) is -0.853. The standard InChI is InChI=1S/C10H14N4O5/c1-14-5-6(4-12-14)3-11-10(19)13-7(9(17)18)2-8(15)16/h4-5,7H,2-3H2,1H3,(H,15,16)(H,17,18)(H2,11,13,19). The van der Waals surface area contributed by atoms with Crippen molar-refractivity contribution in [3.05, 3.63) is 18.0 Å².